The van der Waals surface area contributed by atoms with E-state index in [1.165, 1.54) is 18.3 Å². The van der Waals surface area contributed by atoms with Gasteiger partial charge in [0, 0.05) is 44.5 Å². The van der Waals surface area contributed by atoms with Crippen LogP contribution in [0, 0.1) is 0 Å². The second-order valence-electron chi connectivity index (χ2n) is 7.16. The summed E-state index contributed by atoms with van der Waals surface area (Å²) >= 11 is 0. The van der Waals surface area contributed by atoms with Crippen LogP contribution in [-0.4, -0.2) is 56.5 Å². The lowest BCUT2D eigenvalue weighted by Gasteiger charge is -2.31. The lowest BCUT2D eigenvalue weighted by Crippen LogP contribution is -2.39. The third kappa shape index (κ3) is 5.76. The molecule has 0 saturated carbocycles. The van der Waals surface area contributed by atoms with Crippen LogP contribution in [0.3, 0.4) is 0 Å². The Morgan fingerprint density at radius 2 is 1.82 bits per heavy atom. The first-order valence-corrected chi connectivity index (χ1v) is 9.54. The van der Waals surface area contributed by atoms with Crippen LogP contribution < -0.4 is 0 Å². The highest BCUT2D eigenvalue weighted by molar-refractivity contribution is 5.88. The Morgan fingerprint density at radius 3 is 2.50 bits per heavy atom. The lowest BCUT2D eigenvalue weighted by molar-refractivity contribution is -0.0552. The maximum Gasteiger partial charge on any atom is 0.335 e. The molecular weight excluding hydrogens is 366 g/mol. The van der Waals surface area contributed by atoms with Gasteiger partial charge in [-0.15, -0.1) is 0 Å². The van der Waals surface area contributed by atoms with E-state index in [1.54, 1.807) is 12.4 Å². The highest BCUT2D eigenvalue weighted by Gasteiger charge is 2.33. The molecule has 0 unspecified atom stereocenters. The molecule has 0 aliphatic carbocycles. The monoisotopic (exact) mass is 390 g/mol. The summed E-state index contributed by atoms with van der Waals surface area (Å²) in [6, 6.07) is 2.88. The van der Waals surface area contributed by atoms with E-state index in [1.807, 2.05) is 0 Å². The van der Waals surface area contributed by atoms with Crippen LogP contribution in [0.15, 0.2) is 30.7 Å². The van der Waals surface area contributed by atoms with Crippen molar-refractivity contribution in [3.05, 3.63) is 41.9 Å². The van der Waals surface area contributed by atoms with Gasteiger partial charge >= 0.3 is 5.97 Å². The molecule has 0 radical (unpaired) electrons. The number of unbranched alkanes of at least 4 members (excludes halogenated alkanes) is 2. The molecule has 28 heavy (non-hydrogen) atoms. The molecule has 0 bridgehead atoms. The van der Waals surface area contributed by atoms with E-state index >= 15 is 0 Å². The van der Waals surface area contributed by atoms with Crippen molar-refractivity contribution in [3.63, 3.8) is 0 Å². The summed E-state index contributed by atoms with van der Waals surface area (Å²) in [5, 5.41) is 9.04. The molecule has 0 atom stereocenters. The largest absolute Gasteiger partial charge is 0.478 e. The molecular formula is C20H24F2N4O2. The van der Waals surface area contributed by atoms with Crippen LogP contribution in [0.1, 0.15) is 48.0 Å². The van der Waals surface area contributed by atoms with Gasteiger partial charge in [0.1, 0.15) is 5.69 Å². The SMILES string of the molecule is O=C(O)c1ccnc(-c2ncc(CCCCCN3CCC(F)(F)CC3)cn2)c1. The highest BCUT2D eigenvalue weighted by Crippen LogP contribution is 2.27. The zero-order valence-electron chi connectivity index (χ0n) is 15.7. The minimum absolute atomic E-state index is 0.0269. The Balaban J connectivity index is 1.40. The zero-order valence-corrected chi connectivity index (χ0v) is 15.7. The minimum atomic E-state index is -2.48. The molecule has 8 heteroatoms. The molecule has 1 fully saturated rings. The number of hydrogen-bond acceptors (Lipinski definition) is 5. The average Bonchev–Trinajstić information content (AvgIpc) is 2.69. The van der Waals surface area contributed by atoms with Crippen LogP contribution in [0.2, 0.25) is 0 Å². The fraction of sp³-hybridized carbons (Fsp3) is 0.500. The van der Waals surface area contributed by atoms with Gasteiger partial charge in [-0.2, -0.15) is 0 Å². The molecule has 3 rings (SSSR count). The zero-order chi connectivity index (χ0) is 20.0. The highest BCUT2D eigenvalue weighted by atomic mass is 19.3. The average molecular weight is 390 g/mol. The molecule has 1 aliphatic heterocycles. The number of hydrogen-bond donors (Lipinski definition) is 1. The molecule has 1 saturated heterocycles. The number of halogens is 2. The third-order valence-electron chi connectivity index (χ3n) is 4.97. The number of aromatic carboxylic acids is 1. The van der Waals surface area contributed by atoms with Crippen molar-refractivity contribution in [2.24, 2.45) is 0 Å². The van der Waals surface area contributed by atoms with Crippen molar-refractivity contribution in [2.45, 2.75) is 44.4 Å². The molecule has 0 aromatic carbocycles. The van der Waals surface area contributed by atoms with Gasteiger partial charge in [-0.25, -0.2) is 23.5 Å². The Labute approximate surface area is 162 Å². The number of carboxylic acid groups (broad SMARTS) is 1. The maximum absolute atomic E-state index is 13.1. The standard InChI is InChI=1S/C20H24F2N4O2/c21-20(22)6-10-26(11-7-20)9-3-1-2-4-15-13-24-18(25-14-15)17-12-16(19(27)28)5-8-23-17/h5,8,12-14H,1-4,6-7,9-11H2,(H,27,28). The van der Waals surface area contributed by atoms with Crippen LogP contribution in [0.5, 0.6) is 0 Å². The van der Waals surface area contributed by atoms with Gasteiger partial charge in [0.25, 0.3) is 5.92 Å². The van der Waals surface area contributed by atoms with E-state index in [0.29, 0.717) is 24.6 Å². The van der Waals surface area contributed by atoms with Gasteiger partial charge in [-0.05, 0) is 43.5 Å². The minimum Gasteiger partial charge on any atom is -0.478 e. The Hall–Kier alpha value is -2.48. The molecule has 150 valence electrons. The smallest absolute Gasteiger partial charge is 0.335 e. The van der Waals surface area contributed by atoms with E-state index in [4.69, 9.17) is 5.11 Å². The normalized spacial score (nSPS) is 16.8. The summed E-state index contributed by atoms with van der Waals surface area (Å²) in [4.78, 5) is 25.9. The number of rotatable bonds is 8. The van der Waals surface area contributed by atoms with Gasteiger partial charge in [0.2, 0.25) is 0 Å². The second kappa shape index (κ2) is 9.14. The number of nitrogens with zero attached hydrogens (tertiary/aromatic N) is 4. The Bertz CT molecular complexity index is 789. The number of alkyl halides is 2. The number of piperidine rings is 1. The first-order chi connectivity index (χ1) is 13.4. The number of carbonyl (C=O) groups is 1. The van der Waals surface area contributed by atoms with E-state index < -0.39 is 11.9 Å². The number of pyridine rings is 1. The van der Waals surface area contributed by atoms with Gasteiger partial charge in [-0.3, -0.25) is 4.98 Å². The molecule has 1 N–H and O–H groups in total. The van der Waals surface area contributed by atoms with Crippen molar-refractivity contribution in [1.29, 1.82) is 0 Å². The summed E-state index contributed by atoms with van der Waals surface area (Å²) in [6.45, 7) is 1.84. The summed E-state index contributed by atoms with van der Waals surface area (Å²) in [5.41, 5.74) is 1.59. The van der Waals surface area contributed by atoms with Crippen molar-refractivity contribution in [3.8, 4) is 11.5 Å². The fourth-order valence-electron chi connectivity index (χ4n) is 3.25. The number of likely N-dealkylation sites (tertiary alicyclic amines) is 1. The molecule has 3 heterocycles. The van der Waals surface area contributed by atoms with Crippen LogP contribution in [-0.2, 0) is 6.42 Å². The van der Waals surface area contributed by atoms with Gasteiger partial charge in [0.05, 0.1) is 5.56 Å². The van der Waals surface area contributed by atoms with Gasteiger partial charge < -0.3 is 10.0 Å². The van der Waals surface area contributed by atoms with Crippen molar-refractivity contribution < 1.29 is 18.7 Å². The molecule has 1 aliphatic rings. The van der Waals surface area contributed by atoms with E-state index in [2.05, 4.69) is 19.9 Å². The van der Waals surface area contributed by atoms with E-state index in [9.17, 15) is 13.6 Å². The maximum atomic E-state index is 13.1. The second-order valence-corrected chi connectivity index (χ2v) is 7.16. The summed E-state index contributed by atoms with van der Waals surface area (Å²) in [5.74, 6) is -3.10. The number of aryl methyl sites for hydroxylation is 1. The number of carboxylic acids is 1. The van der Waals surface area contributed by atoms with Crippen molar-refractivity contribution in [1.82, 2.24) is 19.9 Å². The van der Waals surface area contributed by atoms with E-state index in [0.717, 1.165) is 37.8 Å². The molecule has 0 spiro atoms. The molecule has 2 aromatic rings. The first kappa shape index (κ1) is 20.3. The van der Waals surface area contributed by atoms with Crippen molar-refractivity contribution >= 4 is 5.97 Å². The topological polar surface area (TPSA) is 79.2 Å². The fourth-order valence-corrected chi connectivity index (χ4v) is 3.25. The van der Waals surface area contributed by atoms with Crippen LogP contribution in [0.4, 0.5) is 8.78 Å². The third-order valence-corrected chi connectivity index (χ3v) is 4.97. The van der Waals surface area contributed by atoms with Gasteiger partial charge in [0.15, 0.2) is 5.82 Å². The molecule has 6 nitrogen and oxygen atoms in total. The van der Waals surface area contributed by atoms with Crippen LogP contribution in [0.25, 0.3) is 11.5 Å². The molecule has 0 amide bonds. The van der Waals surface area contributed by atoms with Crippen molar-refractivity contribution in [2.75, 3.05) is 19.6 Å². The number of aromatic nitrogens is 3. The predicted octanol–water partition coefficient (Wildman–Crippen LogP) is 3.68. The van der Waals surface area contributed by atoms with Crippen LogP contribution >= 0.6 is 0 Å². The Kier molecular flexibility index (Phi) is 6.61. The predicted molar refractivity (Wildman–Crippen MR) is 100 cm³/mol. The summed E-state index contributed by atoms with van der Waals surface area (Å²) < 4.78 is 26.3. The van der Waals surface area contributed by atoms with E-state index in [-0.39, 0.29) is 18.4 Å². The lowest BCUT2D eigenvalue weighted by atomic mass is 10.1. The molecule has 2 aromatic heterocycles. The summed E-state index contributed by atoms with van der Waals surface area (Å²) in [7, 11) is 0. The van der Waals surface area contributed by atoms with Gasteiger partial charge in [-0.1, -0.05) is 6.42 Å². The summed E-state index contributed by atoms with van der Waals surface area (Å²) in [6.07, 6.45) is 8.71. The first-order valence-electron chi connectivity index (χ1n) is 9.54. The Morgan fingerprint density at radius 1 is 1.11 bits per heavy atom. The quantitative estimate of drug-likeness (QED) is 0.693.